The van der Waals surface area contributed by atoms with Crippen LogP contribution in [0.25, 0.3) is 0 Å². The van der Waals surface area contributed by atoms with E-state index < -0.39 is 6.03 Å². The van der Waals surface area contributed by atoms with E-state index in [0.717, 1.165) is 23.1 Å². The van der Waals surface area contributed by atoms with E-state index in [1.165, 1.54) is 0 Å². The molecule has 6 nitrogen and oxygen atoms in total. The number of rotatable bonds is 5. The summed E-state index contributed by atoms with van der Waals surface area (Å²) >= 11 is 0. The third kappa shape index (κ3) is 3.85. The summed E-state index contributed by atoms with van der Waals surface area (Å²) in [6.45, 7) is 2.61. The van der Waals surface area contributed by atoms with E-state index >= 15 is 0 Å². The van der Waals surface area contributed by atoms with Gasteiger partial charge in [0.25, 0.3) is 0 Å². The maximum Gasteiger partial charge on any atom is 0.328 e. The maximum atomic E-state index is 12.0. The molecule has 0 spiro atoms. The quantitative estimate of drug-likeness (QED) is 0.851. The van der Waals surface area contributed by atoms with Crippen LogP contribution in [0.1, 0.15) is 27.9 Å². The highest BCUT2D eigenvalue weighted by Gasteiger charge is 2.25. The molecule has 0 aliphatic carbocycles. The minimum Gasteiger partial charge on any atom is -0.489 e. The molecule has 0 atom stereocenters. The standard InChI is InChI=1S/C19H18N2O4/c1-13-2-7-16(25-12-15-5-3-14(11-22)4-6-15)10-17(13)21-9-8-18(23)20-19(21)24/h2-7,10-11H,8-9,12H2,1H3,(H,20,23,24). The minimum atomic E-state index is -0.416. The van der Waals surface area contributed by atoms with Gasteiger partial charge >= 0.3 is 6.03 Å². The molecule has 0 bridgehead atoms. The number of carbonyl (C=O) groups is 3. The van der Waals surface area contributed by atoms with Crippen LogP contribution in [-0.4, -0.2) is 24.8 Å². The summed E-state index contributed by atoms with van der Waals surface area (Å²) in [5.74, 6) is 0.370. The third-order valence-corrected chi connectivity index (χ3v) is 4.05. The highest BCUT2D eigenvalue weighted by atomic mass is 16.5. The van der Waals surface area contributed by atoms with Crippen molar-refractivity contribution in [2.45, 2.75) is 20.0 Å². The fraction of sp³-hybridized carbons (Fsp3) is 0.211. The van der Waals surface area contributed by atoms with Crippen LogP contribution < -0.4 is 15.0 Å². The van der Waals surface area contributed by atoms with E-state index in [0.29, 0.717) is 24.5 Å². The Balaban J connectivity index is 1.73. The zero-order valence-corrected chi connectivity index (χ0v) is 13.8. The number of ether oxygens (including phenoxy) is 1. The van der Waals surface area contributed by atoms with Crippen molar-refractivity contribution in [1.29, 1.82) is 0 Å². The molecule has 25 heavy (non-hydrogen) atoms. The van der Waals surface area contributed by atoms with E-state index in [2.05, 4.69) is 5.32 Å². The van der Waals surface area contributed by atoms with Crippen LogP contribution in [0.4, 0.5) is 10.5 Å². The van der Waals surface area contributed by atoms with E-state index in [9.17, 15) is 14.4 Å². The number of nitrogens with zero attached hydrogens (tertiary/aromatic N) is 1. The van der Waals surface area contributed by atoms with Crippen LogP contribution in [0.5, 0.6) is 5.75 Å². The van der Waals surface area contributed by atoms with E-state index in [1.807, 2.05) is 31.2 Å². The lowest BCUT2D eigenvalue weighted by Crippen LogP contribution is -2.49. The zero-order valence-electron chi connectivity index (χ0n) is 13.8. The second kappa shape index (κ2) is 7.17. The van der Waals surface area contributed by atoms with Crippen LogP contribution in [0, 0.1) is 6.92 Å². The molecule has 1 aliphatic heterocycles. The Bertz CT molecular complexity index is 815. The number of nitrogens with one attached hydrogen (secondary N) is 1. The lowest BCUT2D eigenvalue weighted by atomic mass is 10.1. The molecule has 0 aromatic heterocycles. The first kappa shape index (κ1) is 16.7. The zero-order chi connectivity index (χ0) is 17.8. The van der Waals surface area contributed by atoms with Gasteiger partial charge in [-0.1, -0.05) is 30.3 Å². The molecule has 3 amide bonds. The van der Waals surface area contributed by atoms with Crippen molar-refractivity contribution in [3.05, 3.63) is 59.2 Å². The average Bonchev–Trinajstić information content (AvgIpc) is 2.62. The molecule has 0 unspecified atom stereocenters. The van der Waals surface area contributed by atoms with Crippen LogP contribution >= 0.6 is 0 Å². The van der Waals surface area contributed by atoms with E-state index in [1.54, 1.807) is 23.1 Å². The second-order valence-electron chi connectivity index (χ2n) is 5.85. The molecule has 0 radical (unpaired) electrons. The first-order valence-corrected chi connectivity index (χ1v) is 7.96. The van der Waals surface area contributed by atoms with Crippen LogP contribution in [0.3, 0.4) is 0 Å². The molecule has 1 fully saturated rings. The van der Waals surface area contributed by atoms with E-state index in [4.69, 9.17) is 4.74 Å². The number of aldehydes is 1. The van der Waals surface area contributed by atoms with Gasteiger partial charge in [0.05, 0.1) is 5.69 Å². The first-order valence-electron chi connectivity index (χ1n) is 7.96. The van der Waals surface area contributed by atoms with Crippen molar-refractivity contribution in [2.75, 3.05) is 11.4 Å². The van der Waals surface area contributed by atoms with Gasteiger partial charge in [-0.3, -0.25) is 19.8 Å². The summed E-state index contributed by atoms with van der Waals surface area (Å²) in [6, 6.07) is 12.2. The van der Waals surface area contributed by atoms with Crippen LogP contribution in [0.15, 0.2) is 42.5 Å². The third-order valence-electron chi connectivity index (χ3n) is 4.05. The Morgan fingerprint density at radius 3 is 2.60 bits per heavy atom. The lowest BCUT2D eigenvalue weighted by Gasteiger charge is -2.28. The Morgan fingerprint density at radius 2 is 1.92 bits per heavy atom. The first-order chi connectivity index (χ1) is 12.1. The summed E-state index contributed by atoms with van der Waals surface area (Å²) in [5, 5.41) is 2.32. The number of hydrogen-bond acceptors (Lipinski definition) is 4. The predicted octanol–water partition coefficient (Wildman–Crippen LogP) is 2.83. The highest BCUT2D eigenvalue weighted by Crippen LogP contribution is 2.27. The van der Waals surface area contributed by atoms with Gasteiger partial charge in [-0.2, -0.15) is 0 Å². The fourth-order valence-corrected chi connectivity index (χ4v) is 2.62. The maximum absolute atomic E-state index is 12.0. The van der Waals surface area contributed by atoms with Gasteiger partial charge in [0, 0.05) is 24.6 Å². The molecule has 1 heterocycles. The SMILES string of the molecule is Cc1ccc(OCc2ccc(C=O)cc2)cc1N1CCC(=O)NC1=O. The predicted molar refractivity (Wildman–Crippen MR) is 92.8 cm³/mol. The lowest BCUT2D eigenvalue weighted by molar-refractivity contribution is -0.120. The molecule has 1 aliphatic rings. The number of benzene rings is 2. The molecule has 3 rings (SSSR count). The Kier molecular flexibility index (Phi) is 4.79. The van der Waals surface area contributed by atoms with E-state index in [-0.39, 0.29) is 12.3 Å². The van der Waals surface area contributed by atoms with Crippen molar-refractivity contribution in [2.24, 2.45) is 0 Å². The molecule has 2 aromatic rings. The van der Waals surface area contributed by atoms with Crippen molar-refractivity contribution < 1.29 is 19.1 Å². The van der Waals surface area contributed by atoms with Gasteiger partial charge in [0.2, 0.25) is 5.91 Å². The Morgan fingerprint density at radius 1 is 1.16 bits per heavy atom. The summed E-state index contributed by atoms with van der Waals surface area (Å²) < 4.78 is 5.79. The average molecular weight is 338 g/mol. The summed E-state index contributed by atoms with van der Waals surface area (Å²) in [7, 11) is 0. The molecule has 0 saturated carbocycles. The Hall–Kier alpha value is -3.15. The minimum absolute atomic E-state index is 0.259. The van der Waals surface area contributed by atoms with Crippen molar-refractivity contribution >= 4 is 23.9 Å². The summed E-state index contributed by atoms with van der Waals surface area (Å²) in [4.78, 5) is 35.6. The molecule has 6 heteroatoms. The highest BCUT2D eigenvalue weighted by molar-refractivity contribution is 6.06. The number of amides is 3. The number of anilines is 1. The Labute approximate surface area is 145 Å². The van der Waals surface area contributed by atoms with Gasteiger partial charge in [0.1, 0.15) is 18.6 Å². The smallest absolute Gasteiger partial charge is 0.328 e. The largest absolute Gasteiger partial charge is 0.489 e. The topological polar surface area (TPSA) is 75.7 Å². The van der Waals surface area contributed by atoms with Gasteiger partial charge in [0.15, 0.2) is 0 Å². The fourth-order valence-electron chi connectivity index (χ4n) is 2.62. The van der Waals surface area contributed by atoms with Crippen molar-refractivity contribution in [3.8, 4) is 5.75 Å². The van der Waals surface area contributed by atoms with Gasteiger partial charge in [-0.05, 0) is 24.1 Å². The number of carbonyl (C=O) groups excluding carboxylic acids is 3. The molecular formula is C19H18N2O4. The second-order valence-corrected chi connectivity index (χ2v) is 5.85. The molecule has 1 saturated heterocycles. The number of imide groups is 1. The van der Waals surface area contributed by atoms with Crippen molar-refractivity contribution in [3.63, 3.8) is 0 Å². The summed E-state index contributed by atoms with van der Waals surface area (Å²) in [5.41, 5.74) is 3.20. The summed E-state index contributed by atoms with van der Waals surface area (Å²) in [6.07, 6.45) is 1.07. The molecule has 128 valence electrons. The monoisotopic (exact) mass is 338 g/mol. The van der Waals surface area contributed by atoms with Crippen LogP contribution in [-0.2, 0) is 11.4 Å². The van der Waals surface area contributed by atoms with Crippen molar-refractivity contribution in [1.82, 2.24) is 5.32 Å². The normalized spacial score (nSPS) is 14.2. The molecule has 2 aromatic carbocycles. The number of hydrogen-bond donors (Lipinski definition) is 1. The molecule has 1 N–H and O–H groups in total. The van der Waals surface area contributed by atoms with Gasteiger partial charge in [-0.25, -0.2) is 4.79 Å². The van der Waals surface area contributed by atoms with Gasteiger partial charge < -0.3 is 4.74 Å². The molecular weight excluding hydrogens is 320 g/mol. The van der Waals surface area contributed by atoms with Crippen LogP contribution in [0.2, 0.25) is 0 Å². The number of urea groups is 1. The van der Waals surface area contributed by atoms with Gasteiger partial charge in [-0.15, -0.1) is 0 Å². The number of aryl methyl sites for hydroxylation is 1.